The molecule has 7 heteroatoms. The molecular formula is C21H19ClN2O4. The van der Waals surface area contributed by atoms with E-state index < -0.39 is 18.5 Å². The van der Waals surface area contributed by atoms with Crippen LogP contribution in [0.4, 0.5) is 5.69 Å². The molecule has 0 aliphatic rings. The lowest BCUT2D eigenvalue weighted by molar-refractivity contribution is -0.119. The van der Waals surface area contributed by atoms with Gasteiger partial charge >= 0.3 is 5.97 Å². The first-order valence-corrected chi connectivity index (χ1v) is 8.99. The van der Waals surface area contributed by atoms with E-state index in [9.17, 15) is 9.59 Å². The van der Waals surface area contributed by atoms with E-state index in [0.29, 0.717) is 22.4 Å². The molecule has 1 N–H and O–H groups in total. The molecule has 0 aliphatic carbocycles. The first-order chi connectivity index (χ1) is 13.3. The van der Waals surface area contributed by atoms with Crippen LogP contribution in [0.25, 0.3) is 11.5 Å². The summed E-state index contributed by atoms with van der Waals surface area (Å²) >= 11 is 6.17. The molecule has 0 atom stereocenters. The molecular weight excluding hydrogens is 380 g/mol. The number of benzene rings is 2. The van der Waals surface area contributed by atoms with Crippen molar-refractivity contribution in [1.29, 1.82) is 0 Å². The third kappa shape index (κ3) is 4.40. The van der Waals surface area contributed by atoms with Gasteiger partial charge in [-0.3, -0.25) is 4.79 Å². The van der Waals surface area contributed by atoms with Gasteiger partial charge in [-0.25, -0.2) is 9.78 Å². The van der Waals surface area contributed by atoms with Crippen LogP contribution in [0.2, 0.25) is 5.02 Å². The van der Waals surface area contributed by atoms with Crippen molar-refractivity contribution in [1.82, 2.24) is 4.98 Å². The zero-order chi connectivity index (χ0) is 20.3. The third-order valence-electron chi connectivity index (χ3n) is 4.04. The van der Waals surface area contributed by atoms with Gasteiger partial charge in [0.05, 0.1) is 10.7 Å². The summed E-state index contributed by atoms with van der Waals surface area (Å²) in [4.78, 5) is 28.6. The number of nitrogens with one attached hydrogen (secondary N) is 1. The number of carbonyl (C=O) groups is 2. The topological polar surface area (TPSA) is 81.4 Å². The van der Waals surface area contributed by atoms with Gasteiger partial charge in [-0.2, -0.15) is 0 Å². The molecule has 1 heterocycles. The number of esters is 1. The summed E-state index contributed by atoms with van der Waals surface area (Å²) in [5.74, 6) is -0.588. The number of carbonyl (C=O) groups excluding carboxylic acids is 2. The lowest BCUT2D eigenvalue weighted by atomic mass is 10.1. The summed E-state index contributed by atoms with van der Waals surface area (Å²) < 4.78 is 10.6. The van der Waals surface area contributed by atoms with Gasteiger partial charge in [0.2, 0.25) is 5.89 Å². The average molecular weight is 399 g/mol. The lowest BCUT2D eigenvalue weighted by Crippen LogP contribution is -2.22. The monoisotopic (exact) mass is 398 g/mol. The number of hydrogen-bond donors (Lipinski definition) is 1. The Bertz CT molecular complexity index is 1010. The first kappa shape index (κ1) is 19.6. The van der Waals surface area contributed by atoms with E-state index in [1.807, 2.05) is 50.2 Å². The molecule has 3 rings (SSSR count). The quantitative estimate of drug-likeness (QED) is 0.629. The second-order valence-electron chi connectivity index (χ2n) is 6.35. The molecule has 0 saturated heterocycles. The van der Waals surface area contributed by atoms with Crippen LogP contribution in [0.5, 0.6) is 0 Å². The van der Waals surface area contributed by atoms with Crippen LogP contribution in [0.3, 0.4) is 0 Å². The van der Waals surface area contributed by atoms with Crippen molar-refractivity contribution < 1.29 is 18.7 Å². The molecule has 0 spiro atoms. The molecule has 3 aromatic rings. The van der Waals surface area contributed by atoms with E-state index in [0.717, 1.165) is 16.7 Å². The van der Waals surface area contributed by atoms with Crippen LogP contribution >= 0.6 is 11.6 Å². The summed E-state index contributed by atoms with van der Waals surface area (Å²) in [6.45, 7) is 4.90. The van der Waals surface area contributed by atoms with E-state index in [2.05, 4.69) is 10.3 Å². The number of ether oxygens (including phenoxy) is 1. The second-order valence-corrected chi connectivity index (χ2v) is 6.76. The maximum atomic E-state index is 12.3. The van der Waals surface area contributed by atoms with Crippen molar-refractivity contribution in [3.63, 3.8) is 0 Å². The Balaban J connectivity index is 1.65. The smallest absolute Gasteiger partial charge is 0.361 e. The normalized spacial score (nSPS) is 10.6. The van der Waals surface area contributed by atoms with Crippen molar-refractivity contribution in [3.8, 4) is 11.5 Å². The van der Waals surface area contributed by atoms with Crippen LogP contribution < -0.4 is 5.32 Å². The number of oxazole rings is 1. The number of anilines is 1. The fourth-order valence-electron chi connectivity index (χ4n) is 2.74. The van der Waals surface area contributed by atoms with Crippen molar-refractivity contribution in [2.75, 3.05) is 11.9 Å². The van der Waals surface area contributed by atoms with Gasteiger partial charge in [0.1, 0.15) is 5.76 Å². The molecule has 1 aromatic heterocycles. The molecule has 0 radical (unpaired) electrons. The van der Waals surface area contributed by atoms with E-state index in [1.54, 1.807) is 13.0 Å². The highest BCUT2D eigenvalue weighted by Gasteiger charge is 2.20. The minimum atomic E-state index is -0.731. The molecule has 144 valence electrons. The first-order valence-electron chi connectivity index (χ1n) is 8.61. The van der Waals surface area contributed by atoms with Crippen molar-refractivity contribution in [2.24, 2.45) is 0 Å². The van der Waals surface area contributed by atoms with E-state index in [4.69, 9.17) is 20.8 Å². The molecule has 0 bridgehead atoms. The van der Waals surface area contributed by atoms with E-state index in [-0.39, 0.29) is 5.69 Å². The van der Waals surface area contributed by atoms with Gasteiger partial charge in [-0.05, 0) is 50.1 Å². The number of aryl methyl sites for hydroxylation is 3. The van der Waals surface area contributed by atoms with Crippen LogP contribution in [0.15, 0.2) is 46.9 Å². The Morgan fingerprint density at radius 2 is 1.86 bits per heavy atom. The molecule has 0 saturated carbocycles. The Morgan fingerprint density at radius 3 is 2.54 bits per heavy atom. The highest BCUT2D eigenvalue weighted by atomic mass is 35.5. The summed E-state index contributed by atoms with van der Waals surface area (Å²) in [7, 11) is 0. The minimum Gasteiger partial charge on any atom is -0.451 e. The summed E-state index contributed by atoms with van der Waals surface area (Å²) in [5, 5.41) is 3.09. The minimum absolute atomic E-state index is 0.0381. The number of aromatic nitrogens is 1. The molecule has 1 amide bonds. The highest BCUT2D eigenvalue weighted by Crippen LogP contribution is 2.27. The van der Waals surface area contributed by atoms with Gasteiger partial charge in [0, 0.05) is 5.56 Å². The zero-order valence-corrected chi connectivity index (χ0v) is 16.5. The van der Waals surface area contributed by atoms with Crippen molar-refractivity contribution in [3.05, 3.63) is 70.1 Å². The Hall–Kier alpha value is -3.12. The maximum absolute atomic E-state index is 12.3. The largest absolute Gasteiger partial charge is 0.451 e. The predicted molar refractivity (Wildman–Crippen MR) is 107 cm³/mol. The van der Waals surface area contributed by atoms with Gasteiger partial charge in [0.15, 0.2) is 12.3 Å². The van der Waals surface area contributed by atoms with Crippen LogP contribution in [0, 0.1) is 20.8 Å². The van der Waals surface area contributed by atoms with Crippen LogP contribution in [-0.2, 0) is 9.53 Å². The highest BCUT2D eigenvalue weighted by molar-refractivity contribution is 6.34. The summed E-state index contributed by atoms with van der Waals surface area (Å²) in [6, 6.07) is 12.8. The lowest BCUT2D eigenvalue weighted by Gasteiger charge is -2.11. The molecule has 0 aliphatic heterocycles. The Kier molecular flexibility index (Phi) is 5.80. The van der Waals surface area contributed by atoms with Gasteiger partial charge in [-0.1, -0.05) is 35.9 Å². The van der Waals surface area contributed by atoms with Gasteiger partial charge in [-0.15, -0.1) is 0 Å². The van der Waals surface area contributed by atoms with Crippen LogP contribution in [-0.4, -0.2) is 23.5 Å². The number of nitrogens with zero attached hydrogens (tertiary/aromatic N) is 1. The van der Waals surface area contributed by atoms with E-state index in [1.165, 1.54) is 0 Å². The Morgan fingerprint density at radius 1 is 1.14 bits per heavy atom. The van der Waals surface area contributed by atoms with Crippen LogP contribution in [0.1, 0.15) is 27.4 Å². The molecule has 6 nitrogen and oxygen atoms in total. The van der Waals surface area contributed by atoms with Crippen molar-refractivity contribution >= 4 is 29.2 Å². The second kappa shape index (κ2) is 8.27. The third-order valence-corrected chi connectivity index (χ3v) is 4.34. The van der Waals surface area contributed by atoms with E-state index >= 15 is 0 Å². The van der Waals surface area contributed by atoms with Gasteiger partial charge < -0.3 is 14.5 Å². The number of amides is 1. The van der Waals surface area contributed by atoms with Crippen molar-refractivity contribution in [2.45, 2.75) is 20.8 Å². The van der Waals surface area contributed by atoms with Gasteiger partial charge in [0.25, 0.3) is 5.91 Å². The maximum Gasteiger partial charge on any atom is 0.361 e. The average Bonchev–Trinajstić information content (AvgIpc) is 3.05. The molecule has 2 aromatic carbocycles. The molecule has 0 fully saturated rings. The fraction of sp³-hybridized carbons (Fsp3) is 0.190. The number of hydrogen-bond acceptors (Lipinski definition) is 5. The predicted octanol–water partition coefficient (Wildman–Crippen LogP) is 4.72. The zero-order valence-electron chi connectivity index (χ0n) is 15.7. The Labute approximate surface area is 167 Å². The number of rotatable bonds is 5. The standard InChI is InChI=1S/C21H19ClN2O4/c1-12-9-13(2)18(16(22)10-12)23-17(25)11-27-21(26)19-14(3)28-20(24-19)15-7-5-4-6-8-15/h4-10H,11H2,1-3H3,(H,23,25). The SMILES string of the molecule is Cc1cc(C)c(NC(=O)COC(=O)c2nc(-c3ccccc3)oc2C)c(Cl)c1. The summed E-state index contributed by atoms with van der Waals surface area (Å²) in [5.41, 5.74) is 3.09. The summed E-state index contributed by atoms with van der Waals surface area (Å²) in [6.07, 6.45) is 0. The molecule has 0 unspecified atom stereocenters. The number of halogens is 1. The molecule has 28 heavy (non-hydrogen) atoms. The fourth-order valence-corrected chi connectivity index (χ4v) is 3.11.